The Balaban J connectivity index is 0.950. The van der Waals surface area contributed by atoms with Crippen LogP contribution in [0.3, 0.4) is 0 Å². The number of benzene rings is 6. The molecule has 268 valence electrons. The molecule has 2 aliphatic carbocycles. The van der Waals surface area contributed by atoms with Gasteiger partial charge in [0.25, 0.3) is 0 Å². The maximum Gasteiger partial charge on any atom is 0.0541 e. The molecule has 2 heterocycles. The summed E-state index contributed by atoms with van der Waals surface area (Å²) in [6.45, 7) is 7.98. The summed E-state index contributed by atoms with van der Waals surface area (Å²) in [4.78, 5) is 0. The summed E-state index contributed by atoms with van der Waals surface area (Å²) in [6.07, 6.45) is 18.9. The van der Waals surface area contributed by atoms with Gasteiger partial charge in [0.1, 0.15) is 0 Å². The van der Waals surface area contributed by atoms with Gasteiger partial charge in [0.15, 0.2) is 0 Å². The van der Waals surface area contributed by atoms with Gasteiger partial charge in [0.05, 0.1) is 11.0 Å². The molecule has 6 aromatic carbocycles. The number of allylic oxidation sites excluding steroid dienone is 5. The van der Waals surface area contributed by atoms with E-state index in [-0.39, 0.29) is 5.41 Å². The molecule has 2 nitrogen and oxygen atoms in total. The summed E-state index contributed by atoms with van der Waals surface area (Å²) < 4.78 is 4.80. The lowest BCUT2D eigenvalue weighted by Gasteiger charge is -2.36. The standard InChI is InChI=1S/C53H46N2/c1-4-53(5-2)47-34-38(22-20-36-26-30-50-45(32-36)43-16-10-12-18-49(43)54(50)6-3)24-28-41(47)42-29-25-39(35-48(42)53)23-21-37-27-31-52-46(33-37)44-17-11-13-19-51(44)55(52)40-14-8-7-9-15-40/h7-35,42,48H,4-6H2,1-3H3/b22-20+,23-21+. The highest BCUT2D eigenvalue weighted by Crippen LogP contribution is 2.57. The number of nitrogens with zero attached hydrogens (tertiary/aromatic N) is 2. The van der Waals surface area contributed by atoms with Gasteiger partial charge in [-0.15, -0.1) is 0 Å². The van der Waals surface area contributed by atoms with Crippen molar-refractivity contribution in [1.82, 2.24) is 9.13 Å². The highest BCUT2D eigenvalue weighted by atomic mass is 15.0. The van der Waals surface area contributed by atoms with Crippen molar-refractivity contribution in [3.8, 4) is 5.69 Å². The van der Waals surface area contributed by atoms with E-state index in [1.807, 2.05) is 0 Å². The fraction of sp³-hybridized carbons (Fsp3) is 0.170. The highest BCUT2D eigenvalue weighted by molar-refractivity contribution is 6.10. The van der Waals surface area contributed by atoms with Gasteiger partial charge in [0, 0.05) is 56.1 Å². The molecule has 2 atom stereocenters. The molecular formula is C53H46N2. The first-order valence-electron chi connectivity index (χ1n) is 20.1. The molecule has 10 rings (SSSR count). The van der Waals surface area contributed by atoms with E-state index < -0.39 is 0 Å². The van der Waals surface area contributed by atoms with Crippen LogP contribution < -0.4 is 0 Å². The highest BCUT2D eigenvalue weighted by Gasteiger charge is 2.48. The van der Waals surface area contributed by atoms with Crippen LogP contribution in [-0.4, -0.2) is 9.13 Å². The number of fused-ring (bicyclic) bond motifs is 9. The van der Waals surface area contributed by atoms with Crippen LogP contribution in [0.1, 0.15) is 67.3 Å². The molecule has 0 fully saturated rings. The third kappa shape index (κ3) is 5.30. The Bertz CT molecular complexity index is 2880. The van der Waals surface area contributed by atoms with E-state index in [0.717, 1.165) is 19.4 Å². The van der Waals surface area contributed by atoms with E-state index in [9.17, 15) is 0 Å². The molecule has 0 bridgehead atoms. The van der Waals surface area contributed by atoms with Crippen molar-refractivity contribution in [2.24, 2.45) is 5.92 Å². The Morgan fingerprint density at radius 3 is 1.84 bits per heavy atom. The average Bonchev–Trinajstić information content (AvgIpc) is 3.85. The van der Waals surface area contributed by atoms with Crippen molar-refractivity contribution >= 4 is 61.8 Å². The van der Waals surface area contributed by atoms with Crippen LogP contribution in [-0.2, 0) is 12.0 Å². The van der Waals surface area contributed by atoms with Crippen molar-refractivity contribution in [3.63, 3.8) is 0 Å². The first-order valence-corrected chi connectivity index (χ1v) is 20.1. The molecule has 0 N–H and O–H groups in total. The van der Waals surface area contributed by atoms with E-state index in [2.05, 4.69) is 206 Å². The Kier molecular flexibility index (Phi) is 8.10. The van der Waals surface area contributed by atoms with Crippen LogP contribution in [0.2, 0.25) is 0 Å². The number of hydrogen-bond acceptors (Lipinski definition) is 0. The Hall–Kier alpha value is -6.12. The number of aryl methyl sites for hydroxylation is 1. The lowest BCUT2D eigenvalue weighted by molar-refractivity contribution is 0.304. The summed E-state index contributed by atoms with van der Waals surface area (Å²) in [5.74, 6) is 0.842. The van der Waals surface area contributed by atoms with Gasteiger partial charge in [-0.05, 0) is 108 Å². The molecule has 8 aromatic rings. The van der Waals surface area contributed by atoms with E-state index in [0.29, 0.717) is 11.8 Å². The molecule has 55 heavy (non-hydrogen) atoms. The Morgan fingerprint density at radius 2 is 1.11 bits per heavy atom. The predicted molar refractivity (Wildman–Crippen MR) is 236 cm³/mol. The van der Waals surface area contributed by atoms with Gasteiger partial charge < -0.3 is 9.13 Å². The topological polar surface area (TPSA) is 9.86 Å². The molecule has 2 aromatic heterocycles. The van der Waals surface area contributed by atoms with Crippen molar-refractivity contribution < 1.29 is 0 Å². The minimum atomic E-state index is 0.104. The monoisotopic (exact) mass is 710 g/mol. The lowest BCUT2D eigenvalue weighted by Crippen LogP contribution is -2.31. The molecule has 0 saturated carbocycles. The average molecular weight is 711 g/mol. The molecule has 0 aliphatic heterocycles. The Morgan fingerprint density at radius 1 is 0.545 bits per heavy atom. The minimum absolute atomic E-state index is 0.104. The Labute approximate surface area is 324 Å². The van der Waals surface area contributed by atoms with Crippen LogP contribution in [0, 0.1) is 5.92 Å². The van der Waals surface area contributed by atoms with E-state index in [1.165, 1.54) is 82.7 Å². The first kappa shape index (κ1) is 33.4. The number of para-hydroxylation sites is 3. The van der Waals surface area contributed by atoms with E-state index >= 15 is 0 Å². The summed E-state index contributed by atoms with van der Waals surface area (Å²) in [7, 11) is 0. The van der Waals surface area contributed by atoms with Gasteiger partial charge in [0.2, 0.25) is 0 Å². The second-order valence-corrected chi connectivity index (χ2v) is 15.5. The maximum absolute atomic E-state index is 2.57. The lowest BCUT2D eigenvalue weighted by atomic mass is 9.67. The quantitative estimate of drug-likeness (QED) is 0.139. The summed E-state index contributed by atoms with van der Waals surface area (Å²) in [5.41, 5.74) is 14.4. The number of rotatable bonds is 8. The van der Waals surface area contributed by atoms with Gasteiger partial charge in [-0.2, -0.15) is 0 Å². The van der Waals surface area contributed by atoms with Gasteiger partial charge >= 0.3 is 0 Å². The fourth-order valence-electron chi connectivity index (χ4n) is 10.1. The second-order valence-electron chi connectivity index (χ2n) is 15.5. The number of hydrogen-bond donors (Lipinski definition) is 0. The SMILES string of the molecule is CCn1c2ccccc2c2cc(/C=C/c3ccc4c(c3)C(CC)(CC)C3C=C(/C=C/c5ccc6c(c5)c5ccccc5n6-c5ccccc5)C=CC43)ccc21. The van der Waals surface area contributed by atoms with Crippen molar-refractivity contribution in [2.45, 2.75) is 51.5 Å². The van der Waals surface area contributed by atoms with Crippen LogP contribution >= 0.6 is 0 Å². The molecule has 0 radical (unpaired) electrons. The molecule has 2 unspecified atom stereocenters. The largest absolute Gasteiger partial charge is 0.341 e. The molecule has 0 spiro atoms. The van der Waals surface area contributed by atoms with Gasteiger partial charge in [-0.25, -0.2) is 0 Å². The molecule has 0 saturated heterocycles. The zero-order valence-corrected chi connectivity index (χ0v) is 31.9. The summed E-state index contributed by atoms with van der Waals surface area (Å²) in [5, 5.41) is 5.22. The van der Waals surface area contributed by atoms with Crippen molar-refractivity contribution in [2.75, 3.05) is 0 Å². The van der Waals surface area contributed by atoms with Crippen LogP contribution in [0.15, 0.2) is 163 Å². The first-order chi connectivity index (χ1) is 27.1. The van der Waals surface area contributed by atoms with Crippen molar-refractivity contribution in [1.29, 1.82) is 0 Å². The second kappa shape index (κ2) is 13.3. The normalized spacial score (nSPS) is 17.6. The summed E-state index contributed by atoms with van der Waals surface area (Å²) in [6, 6.07) is 49.3. The smallest absolute Gasteiger partial charge is 0.0541 e. The van der Waals surface area contributed by atoms with E-state index in [1.54, 1.807) is 0 Å². The summed E-state index contributed by atoms with van der Waals surface area (Å²) >= 11 is 0. The molecule has 0 amide bonds. The minimum Gasteiger partial charge on any atom is -0.341 e. The van der Waals surface area contributed by atoms with Crippen LogP contribution in [0.25, 0.3) is 67.5 Å². The zero-order valence-electron chi connectivity index (χ0n) is 31.9. The predicted octanol–water partition coefficient (Wildman–Crippen LogP) is 14.1. The zero-order chi connectivity index (χ0) is 37.1. The molecule has 2 heteroatoms. The third-order valence-corrected chi connectivity index (χ3v) is 12.9. The third-order valence-electron chi connectivity index (χ3n) is 12.9. The van der Waals surface area contributed by atoms with Gasteiger partial charge in [-0.1, -0.05) is 141 Å². The molecular weight excluding hydrogens is 665 g/mol. The van der Waals surface area contributed by atoms with Crippen molar-refractivity contribution in [3.05, 3.63) is 191 Å². The number of aromatic nitrogens is 2. The van der Waals surface area contributed by atoms with Crippen LogP contribution in [0.4, 0.5) is 0 Å². The van der Waals surface area contributed by atoms with E-state index in [4.69, 9.17) is 0 Å². The van der Waals surface area contributed by atoms with Crippen LogP contribution in [0.5, 0.6) is 0 Å². The molecule has 2 aliphatic rings. The van der Waals surface area contributed by atoms with Gasteiger partial charge in [-0.3, -0.25) is 0 Å². The maximum atomic E-state index is 2.57. The fourth-order valence-corrected chi connectivity index (χ4v) is 10.1.